The lowest BCUT2D eigenvalue weighted by Crippen LogP contribution is -2.51. The number of hydrogen-bond acceptors (Lipinski definition) is 7. The number of nitrogens with one attached hydrogen (secondary N) is 2. The summed E-state index contributed by atoms with van der Waals surface area (Å²) in [5.74, 6) is -0.0481. The third-order valence-electron chi connectivity index (χ3n) is 5.49. The molecule has 0 aliphatic rings. The van der Waals surface area contributed by atoms with Crippen LogP contribution >= 0.6 is 11.3 Å². The zero-order chi connectivity index (χ0) is 27.9. The van der Waals surface area contributed by atoms with E-state index in [0.717, 1.165) is 0 Å². The van der Waals surface area contributed by atoms with Crippen LogP contribution < -0.4 is 29.7 Å². The summed E-state index contributed by atoms with van der Waals surface area (Å²) in [5, 5.41) is 7.43. The number of thiophene rings is 1. The van der Waals surface area contributed by atoms with Gasteiger partial charge in [0.25, 0.3) is 5.91 Å². The number of anilines is 1. The number of carbonyl (C=O) groups excluding carboxylic acids is 3. The maximum absolute atomic E-state index is 13.9. The van der Waals surface area contributed by atoms with Crippen molar-refractivity contribution in [2.45, 2.75) is 32.4 Å². The van der Waals surface area contributed by atoms with E-state index in [-0.39, 0.29) is 12.5 Å². The Bertz CT molecular complexity index is 1270. The summed E-state index contributed by atoms with van der Waals surface area (Å²) < 4.78 is 16.4. The van der Waals surface area contributed by atoms with E-state index in [1.54, 1.807) is 60.0 Å². The topological polar surface area (TPSA) is 106 Å². The van der Waals surface area contributed by atoms with Gasteiger partial charge in [0.2, 0.25) is 11.8 Å². The zero-order valence-corrected chi connectivity index (χ0v) is 23.2. The van der Waals surface area contributed by atoms with Crippen molar-refractivity contribution >= 4 is 34.7 Å². The highest BCUT2D eigenvalue weighted by Crippen LogP contribution is 2.38. The molecule has 3 aromatic rings. The molecule has 1 heterocycles. The summed E-state index contributed by atoms with van der Waals surface area (Å²) in [7, 11) is 4.50. The molecule has 0 saturated heterocycles. The van der Waals surface area contributed by atoms with Crippen molar-refractivity contribution in [2.24, 2.45) is 0 Å². The molecule has 0 aliphatic heterocycles. The second-order valence-electron chi connectivity index (χ2n) is 9.35. The van der Waals surface area contributed by atoms with Crippen LogP contribution in [-0.4, -0.2) is 51.1 Å². The van der Waals surface area contributed by atoms with Crippen LogP contribution in [0.1, 0.15) is 42.0 Å². The molecule has 0 saturated carbocycles. The van der Waals surface area contributed by atoms with E-state index in [0.29, 0.717) is 33.4 Å². The lowest BCUT2D eigenvalue weighted by atomic mass is 10.00. The fourth-order valence-corrected chi connectivity index (χ4v) is 4.50. The minimum Gasteiger partial charge on any atom is -0.495 e. The summed E-state index contributed by atoms with van der Waals surface area (Å²) >= 11 is 1.27. The molecule has 9 nitrogen and oxygen atoms in total. The summed E-state index contributed by atoms with van der Waals surface area (Å²) in [6, 6.07) is 14.2. The predicted octanol–water partition coefficient (Wildman–Crippen LogP) is 4.19. The van der Waals surface area contributed by atoms with Crippen LogP contribution in [-0.2, 0) is 9.59 Å². The Morgan fingerprint density at radius 3 is 2.18 bits per heavy atom. The Labute approximate surface area is 226 Å². The number of carbonyl (C=O) groups is 3. The predicted molar refractivity (Wildman–Crippen MR) is 147 cm³/mol. The number of methoxy groups -OCH3 is 3. The average molecular weight is 540 g/mol. The molecule has 3 rings (SSSR count). The molecule has 0 fully saturated rings. The van der Waals surface area contributed by atoms with E-state index in [2.05, 4.69) is 10.6 Å². The number of para-hydroxylation sites is 2. The Morgan fingerprint density at radius 2 is 1.58 bits per heavy atom. The molecule has 0 bridgehead atoms. The normalized spacial score (nSPS) is 11.7. The first-order chi connectivity index (χ1) is 18.1. The SMILES string of the molecule is COc1ccc([C@H](C(=O)NC(C)(C)C)N(C(=O)CNC(=O)c2cccs2)c2ccccc2OC)cc1OC. The lowest BCUT2D eigenvalue weighted by molar-refractivity contribution is -0.127. The van der Waals surface area contributed by atoms with Crippen LogP contribution in [0.4, 0.5) is 5.69 Å². The van der Waals surface area contributed by atoms with Crippen LogP contribution in [0, 0.1) is 0 Å². The molecule has 0 spiro atoms. The molecular weight excluding hydrogens is 506 g/mol. The first kappa shape index (κ1) is 28.5. The van der Waals surface area contributed by atoms with Gasteiger partial charge in [-0.05, 0) is 62.0 Å². The van der Waals surface area contributed by atoms with E-state index in [4.69, 9.17) is 14.2 Å². The third kappa shape index (κ3) is 6.83. The van der Waals surface area contributed by atoms with E-state index in [9.17, 15) is 14.4 Å². The first-order valence-corrected chi connectivity index (χ1v) is 12.8. The highest BCUT2D eigenvalue weighted by Gasteiger charge is 2.36. The first-order valence-electron chi connectivity index (χ1n) is 11.9. The van der Waals surface area contributed by atoms with Crippen molar-refractivity contribution in [3.05, 3.63) is 70.4 Å². The van der Waals surface area contributed by atoms with Crippen LogP contribution in [0.2, 0.25) is 0 Å². The van der Waals surface area contributed by atoms with Crippen LogP contribution in [0.5, 0.6) is 17.2 Å². The van der Waals surface area contributed by atoms with Crippen molar-refractivity contribution in [1.29, 1.82) is 0 Å². The van der Waals surface area contributed by atoms with E-state index in [1.807, 2.05) is 20.8 Å². The quantitative estimate of drug-likeness (QED) is 0.400. The van der Waals surface area contributed by atoms with Gasteiger partial charge in [0.15, 0.2) is 11.5 Å². The number of nitrogens with zero attached hydrogens (tertiary/aromatic N) is 1. The van der Waals surface area contributed by atoms with E-state index in [1.165, 1.54) is 37.6 Å². The highest BCUT2D eigenvalue weighted by atomic mass is 32.1. The summed E-state index contributed by atoms with van der Waals surface area (Å²) in [5.41, 5.74) is 0.261. The van der Waals surface area contributed by atoms with Crippen molar-refractivity contribution in [3.63, 3.8) is 0 Å². The number of amides is 3. The second-order valence-corrected chi connectivity index (χ2v) is 10.3. The van der Waals surface area contributed by atoms with Crippen LogP contribution in [0.3, 0.4) is 0 Å². The molecule has 0 unspecified atom stereocenters. The Hall–Kier alpha value is -4.05. The van der Waals surface area contributed by atoms with Crippen molar-refractivity contribution in [3.8, 4) is 17.2 Å². The average Bonchev–Trinajstić information content (AvgIpc) is 3.44. The van der Waals surface area contributed by atoms with E-state index < -0.39 is 23.4 Å². The third-order valence-corrected chi connectivity index (χ3v) is 6.36. The lowest BCUT2D eigenvalue weighted by Gasteiger charge is -2.34. The van der Waals surface area contributed by atoms with Gasteiger partial charge in [-0.3, -0.25) is 19.3 Å². The highest BCUT2D eigenvalue weighted by molar-refractivity contribution is 7.12. The van der Waals surface area contributed by atoms with Gasteiger partial charge in [-0.1, -0.05) is 24.3 Å². The molecule has 0 radical (unpaired) electrons. The number of rotatable bonds is 10. The van der Waals surface area contributed by atoms with Gasteiger partial charge in [-0.2, -0.15) is 0 Å². The molecule has 3 amide bonds. The molecular formula is C28H33N3O6S. The standard InChI is InChI=1S/C28H33N3O6S/c1-28(2,3)30-27(34)25(18-13-14-21(36-5)22(16-18)37-6)31(19-10-7-8-11-20(19)35-4)24(32)17-29-26(33)23-12-9-15-38-23/h7-16,25H,17H2,1-6H3,(H,29,33)(H,30,34)/t25-/m1/s1. The molecule has 38 heavy (non-hydrogen) atoms. The Balaban J connectivity index is 2.13. The molecule has 0 aliphatic carbocycles. The summed E-state index contributed by atoms with van der Waals surface area (Å²) in [6.45, 7) is 5.22. The zero-order valence-electron chi connectivity index (χ0n) is 22.4. The summed E-state index contributed by atoms with van der Waals surface area (Å²) in [4.78, 5) is 42.1. The molecule has 10 heteroatoms. The Morgan fingerprint density at radius 1 is 0.895 bits per heavy atom. The van der Waals surface area contributed by atoms with Crippen LogP contribution in [0.15, 0.2) is 60.0 Å². The molecule has 2 N–H and O–H groups in total. The minimum atomic E-state index is -1.13. The monoisotopic (exact) mass is 539 g/mol. The van der Waals surface area contributed by atoms with Crippen molar-refractivity contribution < 1.29 is 28.6 Å². The second kappa shape index (κ2) is 12.5. The fourth-order valence-electron chi connectivity index (χ4n) is 3.86. The molecule has 1 atom stereocenters. The van der Waals surface area contributed by atoms with E-state index >= 15 is 0 Å². The fraction of sp³-hybridized carbons (Fsp3) is 0.321. The number of hydrogen-bond donors (Lipinski definition) is 2. The van der Waals surface area contributed by atoms with Gasteiger partial charge in [0.05, 0.1) is 38.4 Å². The largest absolute Gasteiger partial charge is 0.495 e. The van der Waals surface area contributed by atoms with Gasteiger partial charge in [0, 0.05) is 5.54 Å². The molecule has 2 aromatic carbocycles. The molecule has 202 valence electrons. The van der Waals surface area contributed by atoms with Gasteiger partial charge in [-0.15, -0.1) is 11.3 Å². The smallest absolute Gasteiger partial charge is 0.261 e. The maximum Gasteiger partial charge on any atom is 0.261 e. The van der Waals surface area contributed by atoms with Crippen molar-refractivity contribution in [1.82, 2.24) is 10.6 Å². The van der Waals surface area contributed by atoms with Crippen molar-refractivity contribution in [2.75, 3.05) is 32.8 Å². The molecule has 1 aromatic heterocycles. The van der Waals surface area contributed by atoms with Gasteiger partial charge < -0.3 is 24.8 Å². The minimum absolute atomic E-state index is 0.346. The number of benzene rings is 2. The van der Waals surface area contributed by atoms with Gasteiger partial charge in [0.1, 0.15) is 11.8 Å². The van der Waals surface area contributed by atoms with Gasteiger partial charge in [-0.25, -0.2) is 0 Å². The summed E-state index contributed by atoms with van der Waals surface area (Å²) in [6.07, 6.45) is 0. The number of ether oxygens (including phenoxy) is 3. The van der Waals surface area contributed by atoms with Crippen LogP contribution in [0.25, 0.3) is 0 Å². The maximum atomic E-state index is 13.9. The Kier molecular flexibility index (Phi) is 9.35. The van der Waals surface area contributed by atoms with Gasteiger partial charge >= 0.3 is 0 Å².